The van der Waals surface area contributed by atoms with Gasteiger partial charge in [-0.15, -0.1) is 11.8 Å². The standard InChI is InChI=1S/C18H16Cl2FNO3S/c1-2-25-18(24)12-7-6-11(8-15(12)20)22-17(23)10-26-9-13-14(19)4-3-5-16(13)21/h3-8H,2,9-10H2,1H3,(H,22,23). The molecule has 0 aliphatic rings. The lowest BCUT2D eigenvalue weighted by atomic mass is 10.2. The van der Waals surface area contributed by atoms with Crippen LogP contribution in [0.4, 0.5) is 10.1 Å². The van der Waals surface area contributed by atoms with E-state index in [1.165, 1.54) is 36.0 Å². The maximum Gasteiger partial charge on any atom is 0.339 e. The molecule has 0 aromatic heterocycles. The molecule has 4 nitrogen and oxygen atoms in total. The van der Waals surface area contributed by atoms with Crippen LogP contribution < -0.4 is 5.32 Å². The van der Waals surface area contributed by atoms with Crippen LogP contribution in [0.15, 0.2) is 36.4 Å². The Kier molecular flexibility index (Phi) is 7.75. The maximum atomic E-state index is 13.7. The fourth-order valence-electron chi connectivity index (χ4n) is 2.08. The molecular formula is C18H16Cl2FNO3S. The number of nitrogens with one attached hydrogen (secondary N) is 1. The minimum absolute atomic E-state index is 0.113. The van der Waals surface area contributed by atoms with Gasteiger partial charge in [0.25, 0.3) is 0 Å². The summed E-state index contributed by atoms with van der Waals surface area (Å²) in [6.45, 7) is 1.95. The number of anilines is 1. The van der Waals surface area contributed by atoms with Gasteiger partial charge in [0, 0.05) is 22.0 Å². The highest BCUT2D eigenvalue weighted by Gasteiger charge is 2.13. The summed E-state index contributed by atoms with van der Waals surface area (Å²) in [5.74, 6) is -0.800. The Morgan fingerprint density at radius 1 is 1.19 bits per heavy atom. The number of rotatable bonds is 7. The molecule has 2 aromatic carbocycles. The third kappa shape index (κ3) is 5.62. The lowest BCUT2D eigenvalue weighted by molar-refractivity contribution is -0.113. The Morgan fingerprint density at radius 2 is 1.96 bits per heavy atom. The molecule has 0 fully saturated rings. The van der Waals surface area contributed by atoms with Gasteiger partial charge in [0.05, 0.1) is 22.9 Å². The van der Waals surface area contributed by atoms with E-state index in [1.54, 1.807) is 19.1 Å². The molecule has 0 saturated carbocycles. The van der Waals surface area contributed by atoms with Crippen LogP contribution in [0, 0.1) is 5.82 Å². The Morgan fingerprint density at radius 3 is 2.62 bits per heavy atom. The van der Waals surface area contributed by atoms with E-state index >= 15 is 0 Å². The molecule has 0 radical (unpaired) electrons. The zero-order valence-electron chi connectivity index (χ0n) is 13.9. The highest BCUT2D eigenvalue weighted by atomic mass is 35.5. The van der Waals surface area contributed by atoms with E-state index in [0.29, 0.717) is 16.3 Å². The van der Waals surface area contributed by atoms with Crippen LogP contribution in [-0.2, 0) is 15.3 Å². The van der Waals surface area contributed by atoms with Crippen LogP contribution in [0.2, 0.25) is 10.0 Å². The van der Waals surface area contributed by atoms with E-state index in [0.717, 1.165) is 0 Å². The highest BCUT2D eigenvalue weighted by molar-refractivity contribution is 7.99. The Labute approximate surface area is 165 Å². The van der Waals surface area contributed by atoms with Crippen LogP contribution in [0.3, 0.4) is 0 Å². The molecule has 8 heteroatoms. The lowest BCUT2D eigenvalue weighted by Crippen LogP contribution is -2.14. The lowest BCUT2D eigenvalue weighted by Gasteiger charge is -2.09. The minimum Gasteiger partial charge on any atom is -0.462 e. The van der Waals surface area contributed by atoms with Crippen LogP contribution in [0.1, 0.15) is 22.8 Å². The molecule has 0 unspecified atom stereocenters. The number of esters is 1. The first-order chi connectivity index (χ1) is 12.4. The molecule has 2 aromatic rings. The third-order valence-corrected chi connectivity index (χ3v) is 4.92. The van der Waals surface area contributed by atoms with Crippen molar-refractivity contribution >= 4 is 52.5 Å². The molecular weight excluding hydrogens is 400 g/mol. The highest BCUT2D eigenvalue weighted by Crippen LogP contribution is 2.25. The zero-order chi connectivity index (χ0) is 19.1. The first kappa shape index (κ1) is 20.6. The van der Waals surface area contributed by atoms with Crippen molar-refractivity contribution in [2.24, 2.45) is 0 Å². The molecule has 1 N–H and O–H groups in total. The fourth-order valence-corrected chi connectivity index (χ4v) is 3.50. The van der Waals surface area contributed by atoms with Crippen molar-refractivity contribution in [3.8, 4) is 0 Å². The van der Waals surface area contributed by atoms with E-state index in [1.807, 2.05) is 0 Å². The molecule has 0 saturated heterocycles. The maximum absolute atomic E-state index is 13.7. The molecule has 1 amide bonds. The predicted octanol–water partition coefficient (Wildman–Crippen LogP) is 5.18. The summed E-state index contributed by atoms with van der Waals surface area (Å²) < 4.78 is 18.6. The van der Waals surface area contributed by atoms with E-state index in [9.17, 15) is 14.0 Å². The monoisotopic (exact) mass is 415 g/mol. The van der Waals surface area contributed by atoms with Crippen LogP contribution >= 0.6 is 35.0 Å². The second-order valence-corrected chi connectivity index (χ2v) is 6.96. The number of hydrogen-bond donors (Lipinski definition) is 1. The summed E-state index contributed by atoms with van der Waals surface area (Å²) in [6.07, 6.45) is 0. The van der Waals surface area contributed by atoms with Gasteiger partial charge in [-0.2, -0.15) is 0 Å². The van der Waals surface area contributed by atoms with Gasteiger partial charge in [-0.25, -0.2) is 9.18 Å². The van der Waals surface area contributed by atoms with Crippen molar-refractivity contribution in [2.75, 3.05) is 17.7 Å². The van der Waals surface area contributed by atoms with Gasteiger partial charge in [0.1, 0.15) is 5.82 Å². The molecule has 0 aliphatic carbocycles. The van der Waals surface area contributed by atoms with E-state index < -0.39 is 11.8 Å². The number of carbonyl (C=O) groups excluding carboxylic acids is 2. The van der Waals surface area contributed by atoms with Crippen molar-refractivity contribution in [1.82, 2.24) is 0 Å². The van der Waals surface area contributed by atoms with Crippen molar-refractivity contribution in [1.29, 1.82) is 0 Å². The molecule has 2 rings (SSSR count). The minimum atomic E-state index is -0.521. The van der Waals surface area contributed by atoms with E-state index in [-0.39, 0.29) is 34.6 Å². The normalized spacial score (nSPS) is 10.5. The second-order valence-electron chi connectivity index (χ2n) is 5.16. The number of halogens is 3. The van der Waals surface area contributed by atoms with Crippen LogP contribution in [-0.4, -0.2) is 24.2 Å². The molecule has 138 valence electrons. The number of amides is 1. The molecule has 26 heavy (non-hydrogen) atoms. The van der Waals surface area contributed by atoms with Gasteiger partial charge in [-0.1, -0.05) is 29.3 Å². The van der Waals surface area contributed by atoms with Gasteiger partial charge in [0.2, 0.25) is 5.91 Å². The van der Waals surface area contributed by atoms with Crippen LogP contribution in [0.25, 0.3) is 0 Å². The Bertz CT molecular complexity index is 797. The SMILES string of the molecule is CCOC(=O)c1ccc(NC(=O)CSCc2c(F)cccc2Cl)cc1Cl. The first-order valence-corrected chi connectivity index (χ1v) is 9.60. The number of carbonyl (C=O) groups is 2. The number of benzene rings is 2. The largest absolute Gasteiger partial charge is 0.462 e. The van der Waals surface area contributed by atoms with Crippen molar-refractivity contribution < 1.29 is 18.7 Å². The number of thioether (sulfide) groups is 1. The quantitative estimate of drug-likeness (QED) is 0.632. The van der Waals surface area contributed by atoms with Gasteiger partial charge in [-0.3, -0.25) is 4.79 Å². The summed E-state index contributed by atoms with van der Waals surface area (Å²) in [6, 6.07) is 8.99. The number of hydrogen-bond acceptors (Lipinski definition) is 4. The molecule has 0 spiro atoms. The van der Waals surface area contributed by atoms with Gasteiger partial charge in [-0.05, 0) is 37.3 Å². The smallest absolute Gasteiger partial charge is 0.339 e. The first-order valence-electron chi connectivity index (χ1n) is 7.69. The van der Waals surface area contributed by atoms with Gasteiger partial charge >= 0.3 is 5.97 Å². The molecule has 0 atom stereocenters. The summed E-state index contributed by atoms with van der Waals surface area (Å²) in [5, 5.41) is 3.19. The van der Waals surface area contributed by atoms with E-state index in [2.05, 4.69) is 5.32 Å². The Balaban J connectivity index is 1.90. The number of ether oxygens (including phenoxy) is 1. The molecule has 0 bridgehead atoms. The fraction of sp³-hybridized carbons (Fsp3) is 0.222. The zero-order valence-corrected chi connectivity index (χ0v) is 16.2. The second kappa shape index (κ2) is 9.80. The van der Waals surface area contributed by atoms with E-state index in [4.69, 9.17) is 27.9 Å². The van der Waals surface area contributed by atoms with Crippen molar-refractivity contribution in [3.63, 3.8) is 0 Å². The molecule has 0 heterocycles. The van der Waals surface area contributed by atoms with Gasteiger partial charge < -0.3 is 10.1 Å². The summed E-state index contributed by atoms with van der Waals surface area (Å²) in [4.78, 5) is 23.7. The summed E-state index contributed by atoms with van der Waals surface area (Å²) in [5.41, 5.74) is 1.06. The van der Waals surface area contributed by atoms with Crippen molar-refractivity contribution in [3.05, 3.63) is 63.4 Å². The average Bonchev–Trinajstić information content (AvgIpc) is 2.58. The van der Waals surface area contributed by atoms with Crippen molar-refractivity contribution in [2.45, 2.75) is 12.7 Å². The van der Waals surface area contributed by atoms with Gasteiger partial charge in [0.15, 0.2) is 0 Å². The average molecular weight is 416 g/mol. The summed E-state index contributed by atoms with van der Waals surface area (Å²) >= 11 is 13.2. The predicted molar refractivity (Wildman–Crippen MR) is 104 cm³/mol. The summed E-state index contributed by atoms with van der Waals surface area (Å²) in [7, 11) is 0. The molecule has 0 aliphatic heterocycles. The third-order valence-electron chi connectivity index (χ3n) is 3.29. The Hall–Kier alpha value is -1.76. The van der Waals surface area contributed by atoms with Crippen LogP contribution in [0.5, 0.6) is 0 Å². The topological polar surface area (TPSA) is 55.4 Å².